The quantitative estimate of drug-likeness (QED) is 0.906. The maximum atomic E-state index is 12.1. The summed E-state index contributed by atoms with van der Waals surface area (Å²) < 4.78 is 66.2. The second-order valence-corrected chi connectivity index (χ2v) is 5.75. The lowest BCUT2D eigenvalue weighted by Crippen LogP contribution is -2.18. The van der Waals surface area contributed by atoms with Crippen molar-refractivity contribution in [2.45, 2.75) is 18.2 Å². The minimum atomic E-state index is -4.89. The lowest BCUT2D eigenvalue weighted by molar-refractivity contribution is -0.274. The van der Waals surface area contributed by atoms with Crippen molar-refractivity contribution in [3.8, 4) is 5.75 Å². The van der Waals surface area contributed by atoms with E-state index in [4.69, 9.17) is 0 Å². The minimum Gasteiger partial charge on any atom is -0.406 e. The molecule has 6 nitrogen and oxygen atoms in total. The van der Waals surface area contributed by atoms with Crippen LogP contribution in [0.4, 0.5) is 19.0 Å². The molecule has 1 heterocycles. The van der Waals surface area contributed by atoms with E-state index in [9.17, 15) is 21.6 Å². The maximum absolute atomic E-state index is 12.1. The average Bonchev–Trinajstić information content (AvgIpc) is 2.72. The Morgan fingerprint density at radius 1 is 1.29 bits per heavy atom. The van der Waals surface area contributed by atoms with E-state index in [0.29, 0.717) is 5.69 Å². The lowest BCUT2D eigenvalue weighted by atomic mass is 10.3. The van der Waals surface area contributed by atoms with Crippen molar-refractivity contribution in [3.05, 3.63) is 36.0 Å². The van der Waals surface area contributed by atoms with Crippen LogP contribution in [0.15, 0.2) is 35.2 Å². The molecule has 10 heteroatoms. The largest absolute Gasteiger partial charge is 0.573 e. The van der Waals surface area contributed by atoms with E-state index < -0.39 is 22.1 Å². The number of H-pyrrole nitrogens is 1. The van der Waals surface area contributed by atoms with Gasteiger partial charge in [-0.2, -0.15) is 5.10 Å². The zero-order chi connectivity index (χ0) is 15.7. The number of ether oxygens (including phenoxy) is 1. The standard InChI is InChI=1S/C11H10F3N3O3S/c1-7-5-10(16-15-7)17-21(18,19)9-4-2-3-8(6-9)20-11(12,13)14/h2-6H,1H3,(H2,15,16,17). The number of halogens is 3. The average molecular weight is 321 g/mol. The van der Waals surface area contributed by atoms with Gasteiger partial charge in [0.1, 0.15) is 5.75 Å². The number of nitrogens with zero attached hydrogens (tertiary/aromatic N) is 1. The van der Waals surface area contributed by atoms with Crippen LogP contribution in [0.1, 0.15) is 5.69 Å². The molecule has 114 valence electrons. The number of aromatic nitrogens is 2. The fourth-order valence-corrected chi connectivity index (χ4v) is 2.53. The van der Waals surface area contributed by atoms with Gasteiger partial charge in [0, 0.05) is 17.8 Å². The lowest BCUT2D eigenvalue weighted by Gasteiger charge is -2.10. The minimum absolute atomic E-state index is 0.0367. The molecule has 0 bridgehead atoms. The molecule has 0 saturated carbocycles. The molecule has 21 heavy (non-hydrogen) atoms. The van der Waals surface area contributed by atoms with Crippen LogP contribution < -0.4 is 9.46 Å². The molecule has 0 aliphatic carbocycles. The van der Waals surface area contributed by atoms with E-state index in [0.717, 1.165) is 24.3 Å². The van der Waals surface area contributed by atoms with Gasteiger partial charge in [0.2, 0.25) is 0 Å². The molecule has 0 aliphatic heterocycles. The van der Waals surface area contributed by atoms with Crippen LogP contribution in [0, 0.1) is 6.92 Å². The van der Waals surface area contributed by atoms with Crippen LogP contribution in [-0.2, 0) is 10.0 Å². The van der Waals surface area contributed by atoms with Crippen LogP contribution in [0.3, 0.4) is 0 Å². The monoisotopic (exact) mass is 321 g/mol. The molecule has 1 aromatic heterocycles. The number of sulfonamides is 1. The molecule has 0 spiro atoms. The van der Waals surface area contributed by atoms with E-state index in [2.05, 4.69) is 19.7 Å². The van der Waals surface area contributed by atoms with E-state index in [-0.39, 0.29) is 10.7 Å². The summed E-state index contributed by atoms with van der Waals surface area (Å²) in [5, 5.41) is 6.22. The molecule has 2 rings (SSSR count). The summed E-state index contributed by atoms with van der Waals surface area (Å²) in [6.45, 7) is 1.67. The molecule has 0 saturated heterocycles. The van der Waals surface area contributed by atoms with Crippen molar-refractivity contribution in [2.24, 2.45) is 0 Å². The van der Waals surface area contributed by atoms with Gasteiger partial charge in [0.05, 0.1) is 4.90 Å². The normalized spacial score (nSPS) is 12.2. The molecule has 0 aliphatic rings. The Morgan fingerprint density at radius 3 is 2.57 bits per heavy atom. The van der Waals surface area contributed by atoms with Gasteiger partial charge in [0.25, 0.3) is 10.0 Å². The van der Waals surface area contributed by atoms with Crippen LogP contribution in [0.25, 0.3) is 0 Å². The first kappa shape index (κ1) is 15.2. The van der Waals surface area contributed by atoms with Gasteiger partial charge in [-0.05, 0) is 19.1 Å². The van der Waals surface area contributed by atoms with Gasteiger partial charge < -0.3 is 4.74 Å². The van der Waals surface area contributed by atoms with Gasteiger partial charge >= 0.3 is 6.36 Å². The third kappa shape index (κ3) is 4.12. The Labute approximate surface area is 118 Å². The van der Waals surface area contributed by atoms with E-state index >= 15 is 0 Å². The fourth-order valence-electron chi connectivity index (χ4n) is 1.51. The summed E-state index contributed by atoms with van der Waals surface area (Å²) in [5.74, 6) is -0.585. The van der Waals surface area contributed by atoms with E-state index in [1.807, 2.05) is 0 Å². The number of anilines is 1. The number of hydrogen-bond donors (Lipinski definition) is 2. The Balaban J connectivity index is 2.26. The summed E-state index contributed by atoms with van der Waals surface area (Å²) in [6, 6.07) is 5.50. The molecule has 0 fully saturated rings. The highest BCUT2D eigenvalue weighted by molar-refractivity contribution is 7.92. The summed E-state index contributed by atoms with van der Waals surface area (Å²) in [4.78, 5) is -0.370. The first-order chi connectivity index (χ1) is 9.66. The smallest absolute Gasteiger partial charge is 0.406 e. The SMILES string of the molecule is Cc1cc(NS(=O)(=O)c2cccc(OC(F)(F)F)c2)n[nH]1. The topological polar surface area (TPSA) is 84.1 Å². The van der Waals surface area contributed by atoms with E-state index in [1.165, 1.54) is 6.07 Å². The molecule has 0 atom stereocenters. The Bertz CT molecular complexity index is 740. The number of benzene rings is 1. The number of alkyl halides is 3. The number of rotatable bonds is 4. The Morgan fingerprint density at radius 2 is 2.00 bits per heavy atom. The third-order valence-corrected chi connectivity index (χ3v) is 3.65. The number of aryl methyl sites for hydroxylation is 1. The van der Waals surface area contributed by atoms with Crippen LogP contribution in [0.5, 0.6) is 5.75 Å². The van der Waals surface area contributed by atoms with Crippen molar-refractivity contribution in [1.82, 2.24) is 10.2 Å². The summed E-state index contributed by atoms with van der Waals surface area (Å²) >= 11 is 0. The van der Waals surface area contributed by atoms with Crippen molar-refractivity contribution >= 4 is 15.8 Å². The Kier molecular flexibility index (Phi) is 3.81. The predicted molar refractivity (Wildman–Crippen MR) is 67.3 cm³/mol. The predicted octanol–water partition coefficient (Wildman–Crippen LogP) is 2.42. The molecule has 0 amide bonds. The second-order valence-electron chi connectivity index (χ2n) is 4.06. The van der Waals surface area contributed by atoms with Crippen LogP contribution >= 0.6 is 0 Å². The molecule has 1 aromatic carbocycles. The number of nitrogens with one attached hydrogen (secondary N) is 2. The molecular weight excluding hydrogens is 311 g/mol. The van der Waals surface area contributed by atoms with Gasteiger partial charge in [-0.15, -0.1) is 13.2 Å². The highest BCUT2D eigenvalue weighted by Gasteiger charge is 2.31. The molecule has 2 N–H and O–H groups in total. The van der Waals surface area contributed by atoms with Gasteiger partial charge in [0.15, 0.2) is 5.82 Å². The van der Waals surface area contributed by atoms with Gasteiger partial charge in [-0.3, -0.25) is 9.82 Å². The van der Waals surface area contributed by atoms with Crippen molar-refractivity contribution in [3.63, 3.8) is 0 Å². The van der Waals surface area contributed by atoms with Gasteiger partial charge in [-0.1, -0.05) is 6.07 Å². The van der Waals surface area contributed by atoms with Crippen molar-refractivity contribution in [2.75, 3.05) is 4.72 Å². The molecule has 0 radical (unpaired) electrons. The summed E-state index contributed by atoms with van der Waals surface area (Å²) in [6.07, 6.45) is -4.89. The third-order valence-electron chi connectivity index (χ3n) is 2.29. The van der Waals surface area contributed by atoms with Crippen molar-refractivity contribution < 1.29 is 26.3 Å². The van der Waals surface area contributed by atoms with Gasteiger partial charge in [-0.25, -0.2) is 8.42 Å². The highest BCUT2D eigenvalue weighted by atomic mass is 32.2. The first-order valence-electron chi connectivity index (χ1n) is 5.56. The van der Waals surface area contributed by atoms with E-state index in [1.54, 1.807) is 6.92 Å². The highest BCUT2D eigenvalue weighted by Crippen LogP contribution is 2.25. The summed E-state index contributed by atoms with van der Waals surface area (Å²) in [7, 11) is -4.06. The zero-order valence-electron chi connectivity index (χ0n) is 10.6. The second kappa shape index (κ2) is 5.28. The van der Waals surface area contributed by atoms with Crippen LogP contribution in [-0.4, -0.2) is 25.0 Å². The maximum Gasteiger partial charge on any atom is 0.573 e. The van der Waals surface area contributed by atoms with Crippen LogP contribution in [0.2, 0.25) is 0 Å². The number of aromatic amines is 1. The molecular formula is C11H10F3N3O3S. The Hall–Kier alpha value is -2.23. The van der Waals surface area contributed by atoms with Crippen molar-refractivity contribution in [1.29, 1.82) is 0 Å². The first-order valence-corrected chi connectivity index (χ1v) is 7.05. The molecule has 0 unspecified atom stereocenters. The zero-order valence-corrected chi connectivity index (χ0v) is 11.4. The summed E-state index contributed by atoms with van der Waals surface area (Å²) in [5.41, 5.74) is 0.627. The fraction of sp³-hybridized carbons (Fsp3) is 0.182. The molecule has 2 aromatic rings. The number of hydrogen-bond acceptors (Lipinski definition) is 4.